The van der Waals surface area contributed by atoms with Crippen molar-refractivity contribution >= 4 is 28.6 Å². The molecule has 2 aliphatic rings. The fourth-order valence-corrected chi connectivity index (χ4v) is 4.74. The van der Waals surface area contributed by atoms with Crippen LogP contribution in [0.2, 0.25) is 0 Å². The van der Waals surface area contributed by atoms with E-state index in [1.165, 1.54) is 47.8 Å². The number of aromatic nitrogens is 1. The average molecular weight is 340 g/mol. The first-order valence-corrected chi connectivity index (χ1v) is 10.0. The Morgan fingerprint density at radius 1 is 1.08 bits per heavy atom. The van der Waals surface area contributed by atoms with Crippen molar-refractivity contribution < 1.29 is 4.79 Å². The zero-order chi connectivity index (χ0) is 16.5. The highest BCUT2D eigenvalue weighted by atomic mass is 32.2. The minimum atomic E-state index is 0.259. The van der Waals surface area contributed by atoms with Crippen LogP contribution in [0.5, 0.6) is 0 Å². The van der Waals surface area contributed by atoms with Crippen LogP contribution in [-0.2, 0) is 17.6 Å². The van der Waals surface area contributed by atoms with Crippen molar-refractivity contribution in [1.29, 1.82) is 0 Å². The number of amides is 1. The summed E-state index contributed by atoms with van der Waals surface area (Å²) in [5, 5.41) is 2.24. The molecule has 0 saturated carbocycles. The highest BCUT2D eigenvalue weighted by Gasteiger charge is 2.18. The molecular weight excluding hydrogens is 316 g/mol. The fraction of sp³-hybridized carbons (Fsp3) is 0.500. The highest BCUT2D eigenvalue weighted by Crippen LogP contribution is 2.30. The van der Waals surface area contributed by atoms with E-state index in [9.17, 15) is 4.79 Å². The van der Waals surface area contributed by atoms with Crippen LogP contribution in [0.4, 0.5) is 0 Å². The number of rotatable bonds is 3. The number of carbonyl (C=O) groups excluding carboxylic acids is 1. The molecule has 0 N–H and O–H groups in total. The van der Waals surface area contributed by atoms with Gasteiger partial charge in [-0.25, -0.2) is 4.98 Å². The zero-order valence-corrected chi connectivity index (χ0v) is 15.1. The van der Waals surface area contributed by atoms with Gasteiger partial charge in [0.1, 0.15) is 5.03 Å². The fourth-order valence-electron chi connectivity index (χ4n) is 3.85. The predicted molar refractivity (Wildman–Crippen MR) is 99.7 cm³/mol. The molecule has 1 amide bonds. The number of thioether (sulfide) groups is 1. The summed E-state index contributed by atoms with van der Waals surface area (Å²) in [7, 11) is 0. The maximum atomic E-state index is 12.4. The van der Waals surface area contributed by atoms with Crippen molar-refractivity contribution in [1.82, 2.24) is 9.88 Å². The zero-order valence-electron chi connectivity index (χ0n) is 14.3. The van der Waals surface area contributed by atoms with E-state index in [0.717, 1.165) is 36.5 Å². The maximum Gasteiger partial charge on any atom is 0.232 e. The van der Waals surface area contributed by atoms with Gasteiger partial charge in [-0.2, -0.15) is 0 Å². The van der Waals surface area contributed by atoms with Crippen molar-refractivity contribution in [2.45, 2.75) is 50.5 Å². The lowest BCUT2D eigenvalue weighted by Gasteiger charge is -2.26. The molecule has 0 spiro atoms. The van der Waals surface area contributed by atoms with Crippen LogP contribution in [-0.4, -0.2) is 34.6 Å². The van der Waals surface area contributed by atoms with Crippen molar-refractivity contribution in [3.8, 4) is 0 Å². The molecule has 1 aromatic heterocycles. The average Bonchev–Trinajstić information content (AvgIpc) is 3.05. The van der Waals surface area contributed by atoms with Gasteiger partial charge in [-0.15, -0.1) is 0 Å². The van der Waals surface area contributed by atoms with Gasteiger partial charge < -0.3 is 4.90 Å². The number of piperidine rings is 1. The van der Waals surface area contributed by atoms with E-state index in [-0.39, 0.29) is 5.91 Å². The second-order valence-corrected chi connectivity index (χ2v) is 7.97. The monoisotopic (exact) mass is 340 g/mol. The third-order valence-corrected chi connectivity index (χ3v) is 6.29. The molecule has 0 unspecified atom stereocenters. The molecule has 1 aliphatic carbocycles. The molecule has 3 nitrogen and oxygen atoms in total. The Balaban J connectivity index is 1.52. The number of fused-ring (bicyclic) bond motifs is 2. The molecule has 0 radical (unpaired) electrons. The van der Waals surface area contributed by atoms with Gasteiger partial charge in [0.05, 0.1) is 11.3 Å². The standard InChI is InChI=1S/C20H24N2OS/c1-14-10-17-11-15-6-5-7-16(15)12-18(17)21-20(14)24-13-19(23)22-8-3-2-4-9-22/h10-12H,2-9,13H2,1H3. The number of hydrogen-bond acceptors (Lipinski definition) is 3. The van der Waals surface area contributed by atoms with E-state index in [0.29, 0.717) is 5.75 Å². The topological polar surface area (TPSA) is 33.2 Å². The highest BCUT2D eigenvalue weighted by molar-refractivity contribution is 7.99. The first kappa shape index (κ1) is 15.9. The number of aryl methyl sites for hydroxylation is 3. The Morgan fingerprint density at radius 2 is 1.83 bits per heavy atom. The molecule has 2 heterocycles. The molecule has 1 aliphatic heterocycles. The van der Waals surface area contributed by atoms with Crippen molar-refractivity contribution in [3.63, 3.8) is 0 Å². The smallest absolute Gasteiger partial charge is 0.232 e. The van der Waals surface area contributed by atoms with Gasteiger partial charge in [-0.05, 0) is 80.3 Å². The summed E-state index contributed by atoms with van der Waals surface area (Å²) in [5.74, 6) is 0.763. The summed E-state index contributed by atoms with van der Waals surface area (Å²) in [6, 6.07) is 6.80. The maximum absolute atomic E-state index is 12.4. The SMILES string of the molecule is Cc1cc2cc3c(cc2nc1SCC(=O)N1CCCCC1)CCC3. The molecule has 4 rings (SSSR count). The Morgan fingerprint density at radius 3 is 2.62 bits per heavy atom. The molecule has 0 atom stereocenters. The first-order valence-electron chi connectivity index (χ1n) is 9.04. The van der Waals surface area contributed by atoms with E-state index in [1.807, 2.05) is 4.90 Å². The summed E-state index contributed by atoms with van der Waals surface area (Å²) >= 11 is 1.59. The van der Waals surface area contributed by atoms with E-state index in [1.54, 1.807) is 11.8 Å². The predicted octanol–water partition coefficient (Wildman–Crippen LogP) is 4.14. The van der Waals surface area contributed by atoms with Crippen LogP contribution in [0.1, 0.15) is 42.4 Å². The summed E-state index contributed by atoms with van der Waals surface area (Å²) in [5.41, 5.74) is 5.20. The second-order valence-electron chi connectivity index (χ2n) is 7.01. The molecule has 1 aromatic carbocycles. The van der Waals surface area contributed by atoms with Gasteiger partial charge in [0.15, 0.2) is 0 Å². The number of carbonyl (C=O) groups is 1. The third-order valence-electron chi connectivity index (χ3n) is 5.21. The van der Waals surface area contributed by atoms with Crippen molar-refractivity contribution in [3.05, 3.63) is 34.9 Å². The summed E-state index contributed by atoms with van der Waals surface area (Å²) < 4.78 is 0. The normalized spacial score (nSPS) is 17.3. The van der Waals surface area contributed by atoms with Gasteiger partial charge in [-0.1, -0.05) is 11.8 Å². The quantitative estimate of drug-likeness (QED) is 0.788. The minimum Gasteiger partial charge on any atom is -0.342 e. The molecule has 1 saturated heterocycles. The van der Waals surface area contributed by atoms with Gasteiger partial charge in [-0.3, -0.25) is 4.79 Å². The Labute approximate surface area is 147 Å². The number of pyridine rings is 1. The lowest BCUT2D eigenvalue weighted by molar-refractivity contribution is -0.129. The lowest BCUT2D eigenvalue weighted by atomic mass is 10.1. The van der Waals surface area contributed by atoms with Crippen molar-refractivity contribution in [2.24, 2.45) is 0 Å². The van der Waals surface area contributed by atoms with Gasteiger partial charge in [0.2, 0.25) is 5.91 Å². The van der Waals surface area contributed by atoms with E-state index in [4.69, 9.17) is 4.98 Å². The van der Waals surface area contributed by atoms with Crippen LogP contribution in [0.15, 0.2) is 23.2 Å². The summed E-state index contributed by atoms with van der Waals surface area (Å²) in [4.78, 5) is 19.3. The largest absolute Gasteiger partial charge is 0.342 e. The first-order chi connectivity index (χ1) is 11.7. The van der Waals surface area contributed by atoms with Gasteiger partial charge >= 0.3 is 0 Å². The molecule has 0 bridgehead atoms. The minimum absolute atomic E-state index is 0.259. The number of benzene rings is 1. The molecule has 1 fully saturated rings. The van der Waals surface area contributed by atoms with E-state index < -0.39 is 0 Å². The van der Waals surface area contributed by atoms with Crippen molar-refractivity contribution in [2.75, 3.05) is 18.8 Å². The van der Waals surface area contributed by atoms with E-state index in [2.05, 4.69) is 25.1 Å². The van der Waals surface area contributed by atoms with Gasteiger partial charge in [0.25, 0.3) is 0 Å². The molecule has 2 aromatic rings. The molecule has 126 valence electrons. The Hall–Kier alpha value is -1.55. The van der Waals surface area contributed by atoms with Crippen LogP contribution < -0.4 is 0 Å². The van der Waals surface area contributed by atoms with Crippen LogP contribution in [0.3, 0.4) is 0 Å². The Kier molecular flexibility index (Phi) is 4.49. The van der Waals surface area contributed by atoms with Crippen LogP contribution >= 0.6 is 11.8 Å². The van der Waals surface area contributed by atoms with Crippen LogP contribution in [0, 0.1) is 6.92 Å². The summed E-state index contributed by atoms with van der Waals surface area (Å²) in [6.45, 7) is 3.96. The van der Waals surface area contributed by atoms with E-state index >= 15 is 0 Å². The number of nitrogens with zero attached hydrogens (tertiary/aromatic N) is 2. The molecular formula is C20H24N2OS. The summed E-state index contributed by atoms with van der Waals surface area (Å²) in [6.07, 6.45) is 7.19. The molecule has 4 heteroatoms. The van der Waals surface area contributed by atoms with Crippen LogP contribution in [0.25, 0.3) is 10.9 Å². The third kappa shape index (κ3) is 3.16. The number of hydrogen-bond donors (Lipinski definition) is 0. The number of likely N-dealkylation sites (tertiary alicyclic amines) is 1. The Bertz CT molecular complexity index is 781. The van der Waals surface area contributed by atoms with Gasteiger partial charge in [0, 0.05) is 18.5 Å². The lowest BCUT2D eigenvalue weighted by Crippen LogP contribution is -2.36. The second kappa shape index (κ2) is 6.75. The molecule has 24 heavy (non-hydrogen) atoms.